The van der Waals surface area contributed by atoms with Crippen LogP contribution in [-0.2, 0) is 9.59 Å². The summed E-state index contributed by atoms with van der Waals surface area (Å²) in [6.45, 7) is 7.61. The van der Waals surface area contributed by atoms with Crippen LogP contribution in [0.5, 0.6) is 0 Å². The normalized spacial score (nSPS) is 17.1. The second-order valence-corrected chi connectivity index (χ2v) is 5.86. The molecule has 5 heteroatoms. The maximum Gasteiger partial charge on any atom is 0.223 e. The van der Waals surface area contributed by atoms with E-state index in [1.54, 1.807) is 11.8 Å². The minimum absolute atomic E-state index is 0.00398. The van der Waals surface area contributed by atoms with Gasteiger partial charge in [-0.15, -0.1) is 0 Å². The molecule has 0 unspecified atom stereocenters. The average Bonchev–Trinajstić information content (AvgIpc) is 2.49. The highest BCUT2D eigenvalue weighted by atomic mass is 16.3. The molecule has 1 rings (SSSR count). The summed E-state index contributed by atoms with van der Waals surface area (Å²) in [5.41, 5.74) is -0.199. The minimum Gasteiger partial charge on any atom is -0.396 e. The monoisotopic (exact) mass is 284 g/mol. The summed E-state index contributed by atoms with van der Waals surface area (Å²) in [4.78, 5) is 25.2. The number of nitrogens with one attached hydrogen (secondary N) is 1. The molecule has 0 aromatic heterocycles. The first-order valence-electron chi connectivity index (χ1n) is 7.62. The minimum atomic E-state index is -0.199. The van der Waals surface area contributed by atoms with Crippen LogP contribution in [0.15, 0.2) is 0 Å². The Kier molecular flexibility index (Phi) is 6.46. The Hall–Kier alpha value is -1.10. The lowest BCUT2D eigenvalue weighted by Gasteiger charge is -2.33. The van der Waals surface area contributed by atoms with E-state index in [4.69, 9.17) is 0 Å². The molecular weight excluding hydrogens is 256 g/mol. The zero-order chi connectivity index (χ0) is 15.2. The summed E-state index contributed by atoms with van der Waals surface area (Å²) < 4.78 is 0. The molecule has 20 heavy (non-hydrogen) atoms. The van der Waals surface area contributed by atoms with Gasteiger partial charge in [-0.2, -0.15) is 0 Å². The molecular formula is C15H28N2O3. The smallest absolute Gasteiger partial charge is 0.223 e. The number of rotatable bonds is 6. The van der Waals surface area contributed by atoms with Crippen LogP contribution in [0, 0.1) is 11.3 Å². The number of nitrogens with zero attached hydrogens (tertiary/aromatic N) is 1. The van der Waals surface area contributed by atoms with E-state index in [-0.39, 0.29) is 29.8 Å². The van der Waals surface area contributed by atoms with Crippen LogP contribution >= 0.6 is 0 Å². The standard InChI is InChI=1S/C15H28N2O3/c1-4-15(5-2,11-18)10-16-14(20)13-6-8-17(9-7-13)12(3)19/h13,18H,4-11H2,1-3H3,(H,16,20). The van der Waals surface area contributed by atoms with Crippen LogP contribution in [0.2, 0.25) is 0 Å². The summed E-state index contributed by atoms with van der Waals surface area (Å²) in [5, 5.41) is 12.5. The van der Waals surface area contributed by atoms with Crippen LogP contribution in [0.4, 0.5) is 0 Å². The fourth-order valence-electron chi connectivity index (χ4n) is 2.66. The number of piperidine rings is 1. The van der Waals surface area contributed by atoms with Crippen molar-refractivity contribution >= 4 is 11.8 Å². The second-order valence-electron chi connectivity index (χ2n) is 5.86. The molecule has 0 aromatic carbocycles. The Balaban J connectivity index is 2.42. The number of carbonyl (C=O) groups excluding carboxylic acids is 2. The summed E-state index contributed by atoms with van der Waals surface area (Å²) >= 11 is 0. The summed E-state index contributed by atoms with van der Waals surface area (Å²) in [5.74, 6) is 0.142. The lowest BCUT2D eigenvalue weighted by molar-refractivity contribution is -0.134. The zero-order valence-electron chi connectivity index (χ0n) is 12.9. The van der Waals surface area contributed by atoms with Crippen molar-refractivity contribution in [2.75, 3.05) is 26.2 Å². The Labute approximate surface area is 121 Å². The predicted molar refractivity (Wildman–Crippen MR) is 78.1 cm³/mol. The molecule has 5 nitrogen and oxygen atoms in total. The lowest BCUT2D eigenvalue weighted by atomic mass is 9.83. The fourth-order valence-corrected chi connectivity index (χ4v) is 2.66. The Morgan fingerprint density at radius 2 is 1.80 bits per heavy atom. The van der Waals surface area contributed by atoms with Crippen LogP contribution in [0.3, 0.4) is 0 Å². The first-order chi connectivity index (χ1) is 9.48. The average molecular weight is 284 g/mol. The predicted octanol–water partition coefficient (Wildman–Crippen LogP) is 1.16. The van der Waals surface area contributed by atoms with Gasteiger partial charge in [-0.1, -0.05) is 13.8 Å². The summed E-state index contributed by atoms with van der Waals surface area (Å²) in [6.07, 6.45) is 3.16. The van der Waals surface area contributed by atoms with Crippen LogP contribution in [0.1, 0.15) is 46.5 Å². The maximum absolute atomic E-state index is 12.2. The molecule has 0 atom stereocenters. The molecule has 1 fully saturated rings. The molecule has 1 aliphatic rings. The molecule has 0 aromatic rings. The van der Waals surface area contributed by atoms with Gasteiger partial charge in [-0.05, 0) is 25.7 Å². The van der Waals surface area contributed by atoms with Crippen molar-refractivity contribution in [1.29, 1.82) is 0 Å². The highest BCUT2D eigenvalue weighted by Gasteiger charge is 2.29. The number of likely N-dealkylation sites (tertiary alicyclic amines) is 1. The van der Waals surface area contributed by atoms with Gasteiger partial charge in [0.25, 0.3) is 0 Å². The van der Waals surface area contributed by atoms with Gasteiger partial charge in [0.15, 0.2) is 0 Å². The number of carbonyl (C=O) groups is 2. The molecule has 1 aliphatic heterocycles. The summed E-state index contributed by atoms with van der Waals surface area (Å²) in [7, 11) is 0. The third-order valence-electron chi connectivity index (χ3n) is 4.78. The molecule has 0 saturated carbocycles. The number of aliphatic hydroxyl groups excluding tert-OH is 1. The molecule has 0 aliphatic carbocycles. The van der Waals surface area contributed by atoms with Gasteiger partial charge in [0.2, 0.25) is 11.8 Å². The van der Waals surface area contributed by atoms with E-state index in [1.165, 1.54) is 0 Å². The highest BCUT2D eigenvalue weighted by molar-refractivity contribution is 5.79. The number of amides is 2. The van der Waals surface area contributed by atoms with Gasteiger partial charge >= 0.3 is 0 Å². The van der Waals surface area contributed by atoms with Crippen molar-refractivity contribution in [1.82, 2.24) is 10.2 Å². The molecule has 0 radical (unpaired) electrons. The van der Waals surface area contributed by atoms with Crippen molar-refractivity contribution in [3.63, 3.8) is 0 Å². The largest absolute Gasteiger partial charge is 0.396 e. The number of aliphatic hydroxyl groups is 1. The zero-order valence-corrected chi connectivity index (χ0v) is 12.9. The van der Waals surface area contributed by atoms with Crippen molar-refractivity contribution in [2.45, 2.75) is 46.5 Å². The van der Waals surface area contributed by atoms with E-state index in [9.17, 15) is 14.7 Å². The molecule has 1 heterocycles. The number of hydrogen-bond acceptors (Lipinski definition) is 3. The summed E-state index contributed by atoms with van der Waals surface area (Å²) in [6, 6.07) is 0. The Bertz CT molecular complexity index is 324. The van der Waals surface area contributed by atoms with E-state index < -0.39 is 0 Å². The molecule has 2 N–H and O–H groups in total. The van der Waals surface area contributed by atoms with E-state index in [0.717, 1.165) is 25.7 Å². The Morgan fingerprint density at radius 1 is 1.25 bits per heavy atom. The van der Waals surface area contributed by atoms with Crippen molar-refractivity contribution in [3.8, 4) is 0 Å². The van der Waals surface area contributed by atoms with Crippen molar-refractivity contribution < 1.29 is 14.7 Å². The molecule has 1 saturated heterocycles. The molecule has 0 spiro atoms. The van der Waals surface area contributed by atoms with Gasteiger partial charge < -0.3 is 15.3 Å². The topological polar surface area (TPSA) is 69.6 Å². The molecule has 116 valence electrons. The second kappa shape index (κ2) is 7.62. The van der Waals surface area contributed by atoms with Crippen molar-refractivity contribution in [2.24, 2.45) is 11.3 Å². The van der Waals surface area contributed by atoms with E-state index in [0.29, 0.717) is 19.6 Å². The van der Waals surface area contributed by atoms with E-state index in [1.807, 2.05) is 13.8 Å². The van der Waals surface area contributed by atoms with Crippen LogP contribution in [-0.4, -0.2) is 48.1 Å². The van der Waals surface area contributed by atoms with Gasteiger partial charge in [0, 0.05) is 37.9 Å². The SMILES string of the molecule is CCC(CC)(CO)CNC(=O)C1CCN(C(C)=O)CC1. The Morgan fingerprint density at radius 3 is 2.20 bits per heavy atom. The fraction of sp³-hybridized carbons (Fsp3) is 0.867. The van der Waals surface area contributed by atoms with Gasteiger partial charge in [-0.3, -0.25) is 9.59 Å². The first kappa shape index (κ1) is 17.0. The van der Waals surface area contributed by atoms with Gasteiger partial charge in [0.05, 0.1) is 6.61 Å². The van der Waals surface area contributed by atoms with Crippen molar-refractivity contribution in [3.05, 3.63) is 0 Å². The third kappa shape index (κ3) is 4.20. The quantitative estimate of drug-likeness (QED) is 0.769. The highest BCUT2D eigenvalue weighted by Crippen LogP contribution is 2.25. The number of hydrogen-bond donors (Lipinski definition) is 2. The first-order valence-corrected chi connectivity index (χ1v) is 7.62. The van der Waals surface area contributed by atoms with E-state index >= 15 is 0 Å². The molecule has 0 bridgehead atoms. The van der Waals surface area contributed by atoms with Gasteiger partial charge in [0.1, 0.15) is 0 Å². The van der Waals surface area contributed by atoms with E-state index in [2.05, 4.69) is 5.32 Å². The van der Waals surface area contributed by atoms with Crippen LogP contribution in [0.25, 0.3) is 0 Å². The van der Waals surface area contributed by atoms with Gasteiger partial charge in [-0.25, -0.2) is 0 Å². The third-order valence-corrected chi connectivity index (χ3v) is 4.78. The lowest BCUT2D eigenvalue weighted by Crippen LogP contribution is -2.45. The molecule has 2 amide bonds. The van der Waals surface area contributed by atoms with Crippen LogP contribution < -0.4 is 5.32 Å². The maximum atomic E-state index is 12.2.